The maximum Gasteiger partial charge on any atom is 0.0989 e. The zero-order valence-corrected chi connectivity index (χ0v) is 20.1. The summed E-state index contributed by atoms with van der Waals surface area (Å²) in [6.45, 7) is 14.2. The Morgan fingerprint density at radius 1 is 1.30 bits per heavy atom. The van der Waals surface area contributed by atoms with Gasteiger partial charge in [-0.15, -0.1) is 0 Å². The normalized spacial score (nSPS) is 21.2. The standard InChI is InChI=1S/C25H36N4S/c1-7-20-15-23(21-11-9-8-10-13-26-17-21)30-24(19(20)3)22-12-14-29(28-22)18(2)16-27-25(4,5)6/h10-15,17-18,20,27H,7-9,16H2,1-6H3. The van der Waals surface area contributed by atoms with Crippen LogP contribution in [0.2, 0.25) is 0 Å². The molecule has 1 N–H and O–H groups in total. The van der Waals surface area contributed by atoms with Crippen LogP contribution in [0.1, 0.15) is 72.5 Å². The van der Waals surface area contributed by atoms with E-state index in [4.69, 9.17) is 5.10 Å². The highest BCUT2D eigenvalue weighted by Crippen LogP contribution is 2.46. The summed E-state index contributed by atoms with van der Waals surface area (Å²) in [4.78, 5) is 7.05. The van der Waals surface area contributed by atoms with Crippen LogP contribution in [0.3, 0.4) is 0 Å². The van der Waals surface area contributed by atoms with Gasteiger partial charge in [0.1, 0.15) is 0 Å². The molecule has 0 aliphatic carbocycles. The Labute approximate surface area is 186 Å². The van der Waals surface area contributed by atoms with Gasteiger partial charge in [-0.25, -0.2) is 0 Å². The van der Waals surface area contributed by atoms with Crippen molar-refractivity contribution in [1.29, 1.82) is 0 Å². The number of rotatable bonds is 6. The quantitative estimate of drug-likeness (QED) is 0.565. The number of hydrogen-bond donors (Lipinski definition) is 1. The van der Waals surface area contributed by atoms with E-state index >= 15 is 0 Å². The maximum absolute atomic E-state index is 4.97. The molecule has 0 aromatic carbocycles. The number of nitrogens with zero attached hydrogens (tertiary/aromatic N) is 3. The number of aliphatic imine (C=N–C) groups is 1. The van der Waals surface area contributed by atoms with Gasteiger partial charge < -0.3 is 5.32 Å². The summed E-state index contributed by atoms with van der Waals surface area (Å²) in [5.41, 5.74) is 3.83. The van der Waals surface area contributed by atoms with Crippen molar-refractivity contribution in [2.75, 3.05) is 6.54 Å². The number of aromatic nitrogens is 2. The lowest BCUT2D eigenvalue weighted by Gasteiger charge is -2.25. The average Bonchev–Trinajstić information content (AvgIpc) is 3.16. The van der Waals surface area contributed by atoms with Crippen molar-refractivity contribution in [3.8, 4) is 0 Å². The van der Waals surface area contributed by atoms with Crippen LogP contribution in [-0.2, 0) is 0 Å². The molecule has 0 spiro atoms. The minimum absolute atomic E-state index is 0.110. The van der Waals surface area contributed by atoms with E-state index in [0.29, 0.717) is 12.0 Å². The van der Waals surface area contributed by atoms with Crippen molar-refractivity contribution in [2.24, 2.45) is 10.9 Å². The van der Waals surface area contributed by atoms with Gasteiger partial charge in [-0.1, -0.05) is 42.5 Å². The largest absolute Gasteiger partial charge is 0.310 e. The molecule has 1 aromatic heterocycles. The Balaban J connectivity index is 1.83. The number of allylic oxidation sites excluding steroid dienone is 5. The molecule has 1 aromatic rings. The zero-order chi connectivity index (χ0) is 21.7. The third-order valence-electron chi connectivity index (χ3n) is 5.53. The second kappa shape index (κ2) is 9.97. The van der Waals surface area contributed by atoms with Gasteiger partial charge in [0.2, 0.25) is 0 Å². The first-order valence-electron chi connectivity index (χ1n) is 11.1. The average molecular weight is 425 g/mol. The van der Waals surface area contributed by atoms with E-state index in [0.717, 1.165) is 31.5 Å². The third-order valence-corrected chi connectivity index (χ3v) is 6.85. The summed E-state index contributed by atoms with van der Waals surface area (Å²) in [6, 6.07) is 2.47. The molecule has 3 heterocycles. The van der Waals surface area contributed by atoms with Crippen molar-refractivity contribution in [3.63, 3.8) is 0 Å². The molecule has 2 aliphatic heterocycles. The maximum atomic E-state index is 4.97. The first-order valence-corrected chi connectivity index (χ1v) is 11.9. The summed E-state index contributed by atoms with van der Waals surface area (Å²) in [7, 11) is 0. The number of hydrogen-bond acceptors (Lipinski definition) is 4. The van der Waals surface area contributed by atoms with Crippen molar-refractivity contribution in [2.45, 2.75) is 72.4 Å². The fourth-order valence-electron chi connectivity index (χ4n) is 3.60. The van der Waals surface area contributed by atoms with Crippen molar-refractivity contribution < 1.29 is 0 Å². The summed E-state index contributed by atoms with van der Waals surface area (Å²) in [5.74, 6) is 0.441. The Hall–Kier alpha value is -1.85. The van der Waals surface area contributed by atoms with Crippen molar-refractivity contribution in [3.05, 3.63) is 58.4 Å². The molecule has 0 amide bonds. The first-order chi connectivity index (χ1) is 14.3. The smallest absolute Gasteiger partial charge is 0.0989 e. The molecular weight excluding hydrogens is 388 g/mol. The van der Waals surface area contributed by atoms with Gasteiger partial charge in [0.15, 0.2) is 0 Å². The summed E-state index contributed by atoms with van der Waals surface area (Å²) < 4.78 is 2.09. The van der Waals surface area contributed by atoms with E-state index < -0.39 is 0 Å². The second-order valence-electron chi connectivity index (χ2n) is 9.22. The molecule has 30 heavy (non-hydrogen) atoms. The molecule has 0 radical (unpaired) electrons. The van der Waals surface area contributed by atoms with E-state index in [1.807, 2.05) is 24.2 Å². The molecule has 0 saturated carbocycles. The SMILES string of the molecule is CCC1C=C(C2=CCCC=CN=C2)SC(c2ccn(C(C)CNC(C)(C)C)n2)=C1C. The van der Waals surface area contributed by atoms with Crippen molar-refractivity contribution >= 4 is 22.9 Å². The van der Waals surface area contributed by atoms with Crippen LogP contribution < -0.4 is 5.32 Å². The number of thioether (sulfide) groups is 1. The fraction of sp³-hybridized carbons (Fsp3) is 0.520. The van der Waals surface area contributed by atoms with Gasteiger partial charge in [-0.05, 0) is 59.9 Å². The summed E-state index contributed by atoms with van der Waals surface area (Å²) in [6.07, 6.45) is 16.1. The van der Waals surface area contributed by atoms with Gasteiger partial charge in [0.05, 0.1) is 11.7 Å². The summed E-state index contributed by atoms with van der Waals surface area (Å²) in [5, 5.41) is 8.55. The van der Waals surface area contributed by atoms with Crippen LogP contribution in [0, 0.1) is 5.92 Å². The molecule has 3 rings (SSSR count). The van der Waals surface area contributed by atoms with Crippen molar-refractivity contribution in [1.82, 2.24) is 15.1 Å². The molecular formula is C25H36N4S. The lowest BCUT2D eigenvalue weighted by atomic mass is 9.94. The van der Waals surface area contributed by atoms with Crippen LogP contribution in [0.4, 0.5) is 0 Å². The zero-order valence-electron chi connectivity index (χ0n) is 19.3. The van der Waals surface area contributed by atoms with Crippen LogP contribution >= 0.6 is 11.8 Å². The highest BCUT2D eigenvalue weighted by atomic mass is 32.2. The predicted molar refractivity (Wildman–Crippen MR) is 132 cm³/mol. The Morgan fingerprint density at radius 3 is 2.83 bits per heavy atom. The fourth-order valence-corrected chi connectivity index (χ4v) is 4.83. The second-order valence-corrected chi connectivity index (χ2v) is 10.3. The molecule has 0 fully saturated rings. The molecule has 2 unspecified atom stereocenters. The van der Waals surface area contributed by atoms with Crippen LogP contribution in [0.15, 0.2) is 57.7 Å². The predicted octanol–water partition coefficient (Wildman–Crippen LogP) is 6.52. The highest BCUT2D eigenvalue weighted by Gasteiger charge is 2.24. The topological polar surface area (TPSA) is 42.2 Å². The van der Waals surface area contributed by atoms with E-state index in [9.17, 15) is 0 Å². The van der Waals surface area contributed by atoms with E-state index in [1.54, 1.807) is 0 Å². The first kappa shape index (κ1) is 22.8. The van der Waals surface area contributed by atoms with Crippen LogP contribution in [0.25, 0.3) is 4.91 Å². The third kappa shape index (κ3) is 5.86. The van der Waals surface area contributed by atoms with E-state index in [-0.39, 0.29) is 5.54 Å². The number of nitrogens with one attached hydrogen (secondary N) is 1. The molecule has 5 heteroatoms. The molecule has 162 valence electrons. The molecule has 2 aliphatic rings. The molecule has 0 bridgehead atoms. The van der Waals surface area contributed by atoms with Gasteiger partial charge in [0, 0.05) is 52.0 Å². The lowest BCUT2D eigenvalue weighted by molar-refractivity contribution is 0.365. The molecule has 0 saturated heterocycles. The molecule has 2 atom stereocenters. The lowest BCUT2D eigenvalue weighted by Crippen LogP contribution is -2.39. The van der Waals surface area contributed by atoms with Gasteiger partial charge in [-0.3, -0.25) is 9.67 Å². The Kier molecular flexibility index (Phi) is 7.59. The minimum atomic E-state index is 0.110. The van der Waals surface area contributed by atoms with Crippen LogP contribution in [0.5, 0.6) is 0 Å². The van der Waals surface area contributed by atoms with Gasteiger partial charge in [-0.2, -0.15) is 5.10 Å². The van der Waals surface area contributed by atoms with Crippen LogP contribution in [-0.4, -0.2) is 28.1 Å². The van der Waals surface area contributed by atoms with E-state index in [1.165, 1.54) is 21.0 Å². The summed E-state index contributed by atoms with van der Waals surface area (Å²) >= 11 is 1.84. The van der Waals surface area contributed by atoms with E-state index in [2.05, 4.69) is 87.0 Å². The highest BCUT2D eigenvalue weighted by molar-refractivity contribution is 8.12. The van der Waals surface area contributed by atoms with Gasteiger partial charge in [0.25, 0.3) is 0 Å². The minimum Gasteiger partial charge on any atom is -0.310 e. The van der Waals surface area contributed by atoms with Gasteiger partial charge >= 0.3 is 0 Å². The molecule has 4 nitrogen and oxygen atoms in total. The monoisotopic (exact) mass is 424 g/mol. The Bertz CT molecular complexity index is 892. The Morgan fingerprint density at radius 2 is 2.10 bits per heavy atom.